The van der Waals surface area contributed by atoms with Crippen molar-refractivity contribution in [3.8, 4) is 0 Å². The van der Waals surface area contributed by atoms with Gasteiger partial charge in [-0.3, -0.25) is 4.90 Å². The molecule has 122 valence electrons. The summed E-state index contributed by atoms with van der Waals surface area (Å²) in [5, 5.41) is 0. The van der Waals surface area contributed by atoms with E-state index in [9.17, 15) is 0 Å². The van der Waals surface area contributed by atoms with Crippen LogP contribution in [0.3, 0.4) is 0 Å². The van der Waals surface area contributed by atoms with Gasteiger partial charge in [0.15, 0.2) is 0 Å². The summed E-state index contributed by atoms with van der Waals surface area (Å²) in [6.07, 6.45) is 2.75. The van der Waals surface area contributed by atoms with Crippen LogP contribution in [0.5, 0.6) is 0 Å². The minimum atomic E-state index is 0.803. The molecule has 1 aromatic rings. The highest BCUT2D eigenvalue weighted by Crippen LogP contribution is 2.27. The standard InChI is InChI=1S/C19H30N2O/c1-16(2)17-7-5-9-20(14-17)15-18-6-3-4-8-19(18)21-10-12-22-13-11-21/h3-4,6,8,16-17H,5,7,9-15H2,1-2H3/t17-/m1/s1. The molecule has 2 fully saturated rings. The van der Waals surface area contributed by atoms with Gasteiger partial charge in [-0.15, -0.1) is 0 Å². The molecule has 1 aromatic carbocycles. The Morgan fingerprint density at radius 2 is 1.91 bits per heavy atom. The Kier molecular flexibility index (Phi) is 5.37. The van der Waals surface area contributed by atoms with Gasteiger partial charge in [-0.05, 0) is 42.9 Å². The Balaban J connectivity index is 1.69. The van der Waals surface area contributed by atoms with Crippen molar-refractivity contribution >= 4 is 5.69 Å². The van der Waals surface area contributed by atoms with E-state index in [2.05, 4.69) is 47.9 Å². The summed E-state index contributed by atoms with van der Waals surface area (Å²) in [6, 6.07) is 8.94. The first-order valence-electron chi connectivity index (χ1n) is 8.87. The van der Waals surface area contributed by atoms with E-state index in [4.69, 9.17) is 4.74 Å². The first-order chi connectivity index (χ1) is 10.7. The molecule has 0 bridgehead atoms. The highest BCUT2D eigenvalue weighted by Gasteiger charge is 2.23. The van der Waals surface area contributed by atoms with E-state index < -0.39 is 0 Å². The summed E-state index contributed by atoms with van der Waals surface area (Å²) >= 11 is 0. The van der Waals surface area contributed by atoms with E-state index in [1.165, 1.54) is 37.2 Å². The van der Waals surface area contributed by atoms with Gasteiger partial charge in [0.2, 0.25) is 0 Å². The summed E-state index contributed by atoms with van der Waals surface area (Å²) in [6.45, 7) is 12.1. The number of rotatable bonds is 4. The van der Waals surface area contributed by atoms with E-state index in [1.54, 1.807) is 0 Å². The number of benzene rings is 1. The van der Waals surface area contributed by atoms with E-state index in [1.807, 2.05) is 0 Å². The molecule has 3 heteroatoms. The molecule has 0 aromatic heterocycles. The second-order valence-electron chi connectivity index (χ2n) is 7.11. The number of hydrogen-bond acceptors (Lipinski definition) is 3. The minimum absolute atomic E-state index is 0.803. The van der Waals surface area contributed by atoms with Gasteiger partial charge < -0.3 is 9.64 Å². The van der Waals surface area contributed by atoms with Crippen LogP contribution in [0.2, 0.25) is 0 Å². The number of nitrogens with zero attached hydrogens (tertiary/aromatic N) is 2. The molecule has 0 radical (unpaired) electrons. The van der Waals surface area contributed by atoms with Gasteiger partial charge in [-0.25, -0.2) is 0 Å². The van der Waals surface area contributed by atoms with Gasteiger partial charge >= 0.3 is 0 Å². The fraction of sp³-hybridized carbons (Fsp3) is 0.684. The average molecular weight is 302 g/mol. The zero-order valence-electron chi connectivity index (χ0n) is 14.1. The van der Waals surface area contributed by atoms with Crippen LogP contribution in [0, 0.1) is 11.8 Å². The van der Waals surface area contributed by atoms with E-state index in [0.717, 1.165) is 44.7 Å². The molecule has 0 N–H and O–H groups in total. The summed E-state index contributed by atoms with van der Waals surface area (Å²) < 4.78 is 5.50. The van der Waals surface area contributed by atoms with Crippen LogP contribution in [0.4, 0.5) is 5.69 Å². The Bertz CT molecular complexity index is 468. The van der Waals surface area contributed by atoms with Gasteiger partial charge in [-0.2, -0.15) is 0 Å². The van der Waals surface area contributed by atoms with Crippen molar-refractivity contribution in [3.05, 3.63) is 29.8 Å². The lowest BCUT2D eigenvalue weighted by atomic mass is 9.88. The maximum absolute atomic E-state index is 5.50. The van der Waals surface area contributed by atoms with Gasteiger partial charge in [0.05, 0.1) is 13.2 Å². The minimum Gasteiger partial charge on any atom is -0.378 e. The molecular formula is C19H30N2O. The Morgan fingerprint density at radius 3 is 2.68 bits per heavy atom. The molecule has 2 aliphatic heterocycles. The van der Waals surface area contributed by atoms with Crippen LogP contribution in [-0.2, 0) is 11.3 Å². The average Bonchev–Trinajstić information content (AvgIpc) is 2.56. The molecule has 0 amide bonds. The fourth-order valence-electron chi connectivity index (χ4n) is 3.78. The molecule has 3 nitrogen and oxygen atoms in total. The molecule has 2 saturated heterocycles. The van der Waals surface area contributed by atoms with E-state index in [-0.39, 0.29) is 0 Å². The van der Waals surface area contributed by atoms with Crippen LogP contribution in [-0.4, -0.2) is 44.3 Å². The van der Waals surface area contributed by atoms with Gasteiger partial charge in [-0.1, -0.05) is 32.0 Å². The molecule has 0 aliphatic carbocycles. The summed E-state index contributed by atoms with van der Waals surface area (Å²) in [5.41, 5.74) is 2.89. The van der Waals surface area contributed by atoms with Gasteiger partial charge in [0, 0.05) is 31.9 Å². The lowest BCUT2D eigenvalue weighted by Crippen LogP contribution is -2.39. The van der Waals surface area contributed by atoms with Crippen molar-refractivity contribution in [2.75, 3.05) is 44.3 Å². The van der Waals surface area contributed by atoms with Crippen LogP contribution in [0.25, 0.3) is 0 Å². The molecule has 0 saturated carbocycles. The third kappa shape index (κ3) is 3.82. The predicted molar refractivity (Wildman–Crippen MR) is 92.3 cm³/mol. The van der Waals surface area contributed by atoms with Crippen LogP contribution in [0.15, 0.2) is 24.3 Å². The highest BCUT2D eigenvalue weighted by molar-refractivity contribution is 5.53. The second-order valence-corrected chi connectivity index (χ2v) is 7.11. The van der Waals surface area contributed by atoms with Crippen LogP contribution >= 0.6 is 0 Å². The first kappa shape index (κ1) is 15.8. The lowest BCUT2D eigenvalue weighted by Gasteiger charge is -2.36. The Hall–Kier alpha value is -1.06. The molecule has 2 heterocycles. The van der Waals surface area contributed by atoms with Crippen molar-refractivity contribution < 1.29 is 4.74 Å². The summed E-state index contributed by atoms with van der Waals surface area (Å²) in [4.78, 5) is 5.15. The molecule has 3 rings (SSSR count). The predicted octanol–water partition coefficient (Wildman–Crippen LogP) is 3.39. The number of morpholine rings is 1. The third-order valence-corrected chi connectivity index (χ3v) is 5.22. The highest BCUT2D eigenvalue weighted by atomic mass is 16.5. The van der Waals surface area contributed by atoms with Crippen molar-refractivity contribution in [1.82, 2.24) is 4.90 Å². The molecule has 0 spiro atoms. The number of anilines is 1. The zero-order valence-corrected chi connectivity index (χ0v) is 14.1. The van der Waals surface area contributed by atoms with Crippen molar-refractivity contribution in [3.63, 3.8) is 0 Å². The normalized spacial score (nSPS) is 24.0. The van der Waals surface area contributed by atoms with Crippen molar-refractivity contribution in [1.29, 1.82) is 0 Å². The Morgan fingerprint density at radius 1 is 1.14 bits per heavy atom. The Labute approximate surface area is 135 Å². The largest absolute Gasteiger partial charge is 0.378 e. The SMILES string of the molecule is CC(C)[C@@H]1CCCN(Cc2ccccc2N2CCOCC2)C1. The maximum atomic E-state index is 5.50. The van der Waals surface area contributed by atoms with Gasteiger partial charge in [0.25, 0.3) is 0 Å². The topological polar surface area (TPSA) is 15.7 Å². The van der Waals surface area contributed by atoms with Crippen LogP contribution in [0.1, 0.15) is 32.3 Å². The molecule has 1 atom stereocenters. The number of para-hydroxylation sites is 1. The van der Waals surface area contributed by atoms with Gasteiger partial charge in [0.1, 0.15) is 0 Å². The third-order valence-electron chi connectivity index (χ3n) is 5.22. The van der Waals surface area contributed by atoms with Crippen molar-refractivity contribution in [2.45, 2.75) is 33.2 Å². The molecule has 22 heavy (non-hydrogen) atoms. The number of piperidine rings is 1. The first-order valence-corrected chi connectivity index (χ1v) is 8.87. The molecular weight excluding hydrogens is 272 g/mol. The van der Waals surface area contributed by atoms with E-state index >= 15 is 0 Å². The maximum Gasteiger partial charge on any atom is 0.0642 e. The summed E-state index contributed by atoms with van der Waals surface area (Å²) in [7, 11) is 0. The molecule has 2 aliphatic rings. The van der Waals surface area contributed by atoms with Crippen molar-refractivity contribution in [2.24, 2.45) is 11.8 Å². The monoisotopic (exact) mass is 302 g/mol. The fourth-order valence-corrected chi connectivity index (χ4v) is 3.78. The number of ether oxygens (including phenoxy) is 1. The summed E-state index contributed by atoms with van der Waals surface area (Å²) in [5.74, 6) is 1.67. The smallest absolute Gasteiger partial charge is 0.0642 e. The molecule has 0 unspecified atom stereocenters. The van der Waals surface area contributed by atoms with Crippen LogP contribution < -0.4 is 4.90 Å². The number of likely N-dealkylation sites (tertiary alicyclic amines) is 1. The lowest BCUT2D eigenvalue weighted by molar-refractivity contribution is 0.122. The number of hydrogen-bond donors (Lipinski definition) is 0. The second kappa shape index (κ2) is 7.47. The quantitative estimate of drug-likeness (QED) is 0.848. The van der Waals surface area contributed by atoms with E-state index in [0.29, 0.717) is 0 Å². The zero-order chi connectivity index (χ0) is 15.4.